The maximum atomic E-state index is 12.4. The molecule has 1 aliphatic heterocycles. The molecule has 0 bridgehead atoms. The molecular formula is C19H20ClN3O2. The summed E-state index contributed by atoms with van der Waals surface area (Å²) in [5, 5.41) is 3.55. The Bertz CT molecular complexity index is 756. The summed E-state index contributed by atoms with van der Waals surface area (Å²) >= 11 is 5.86. The predicted molar refractivity (Wildman–Crippen MR) is 96.9 cm³/mol. The molecular weight excluding hydrogens is 338 g/mol. The second-order valence-electron chi connectivity index (χ2n) is 6.09. The van der Waals surface area contributed by atoms with Crippen LogP contribution in [0.1, 0.15) is 39.1 Å². The first kappa shape index (κ1) is 17.4. The second kappa shape index (κ2) is 8.12. The molecule has 6 heteroatoms. The summed E-state index contributed by atoms with van der Waals surface area (Å²) in [6.07, 6.45) is 5.78. The predicted octanol–water partition coefficient (Wildman–Crippen LogP) is 2.94. The van der Waals surface area contributed by atoms with E-state index in [4.69, 9.17) is 11.6 Å². The van der Waals surface area contributed by atoms with Crippen LogP contribution < -0.4 is 5.32 Å². The fourth-order valence-electron chi connectivity index (χ4n) is 2.86. The number of amides is 2. The molecule has 2 amide bonds. The van der Waals surface area contributed by atoms with Crippen molar-refractivity contribution in [1.82, 2.24) is 15.2 Å². The summed E-state index contributed by atoms with van der Waals surface area (Å²) in [5.74, 6) is -0.279. The number of nitrogens with one attached hydrogen (secondary N) is 1. The van der Waals surface area contributed by atoms with Crippen LogP contribution in [-0.2, 0) is 6.42 Å². The normalized spacial score (nSPS) is 13.7. The molecule has 1 fully saturated rings. The number of hydrogen-bond donors (Lipinski definition) is 1. The number of pyridine rings is 1. The minimum Gasteiger partial charge on any atom is -0.352 e. The van der Waals surface area contributed by atoms with E-state index in [1.807, 2.05) is 24.3 Å². The van der Waals surface area contributed by atoms with Crippen LogP contribution >= 0.6 is 11.6 Å². The van der Waals surface area contributed by atoms with Gasteiger partial charge in [-0.25, -0.2) is 0 Å². The first-order valence-electron chi connectivity index (χ1n) is 8.40. The summed E-state index contributed by atoms with van der Waals surface area (Å²) < 4.78 is 0. The van der Waals surface area contributed by atoms with E-state index < -0.39 is 0 Å². The summed E-state index contributed by atoms with van der Waals surface area (Å²) in [4.78, 5) is 30.5. The second-order valence-corrected chi connectivity index (χ2v) is 6.53. The molecule has 0 atom stereocenters. The Morgan fingerprint density at radius 1 is 1.08 bits per heavy atom. The van der Waals surface area contributed by atoms with Gasteiger partial charge >= 0.3 is 0 Å². The standard InChI is InChI=1S/C19H20ClN3O2/c20-17-5-3-14(4-6-17)7-8-22-18(24)15-11-16(13-21-12-15)19(25)23-9-1-2-10-23/h3-6,11-13H,1-2,7-10H2,(H,22,24). The van der Waals surface area contributed by atoms with Crippen LogP contribution in [0.2, 0.25) is 5.02 Å². The molecule has 130 valence electrons. The fraction of sp³-hybridized carbons (Fsp3) is 0.316. The highest BCUT2D eigenvalue weighted by Crippen LogP contribution is 2.13. The zero-order valence-electron chi connectivity index (χ0n) is 13.9. The quantitative estimate of drug-likeness (QED) is 0.894. The molecule has 0 aliphatic carbocycles. The van der Waals surface area contributed by atoms with Crippen molar-refractivity contribution < 1.29 is 9.59 Å². The molecule has 1 aromatic carbocycles. The molecule has 1 saturated heterocycles. The largest absolute Gasteiger partial charge is 0.352 e. The van der Waals surface area contributed by atoms with Gasteiger partial charge in [-0.1, -0.05) is 23.7 Å². The topological polar surface area (TPSA) is 62.3 Å². The minimum absolute atomic E-state index is 0.0548. The Labute approximate surface area is 152 Å². The average molecular weight is 358 g/mol. The first-order valence-corrected chi connectivity index (χ1v) is 8.78. The summed E-state index contributed by atoms with van der Waals surface area (Å²) in [6, 6.07) is 9.15. The van der Waals surface area contributed by atoms with Gasteiger partial charge in [0.1, 0.15) is 0 Å². The van der Waals surface area contributed by atoms with Crippen LogP contribution in [0.15, 0.2) is 42.7 Å². The highest BCUT2D eigenvalue weighted by molar-refractivity contribution is 6.30. The number of rotatable bonds is 5. The van der Waals surface area contributed by atoms with Crippen molar-refractivity contribution in [2.45, 2.75) is 19.3 Å². The molecule has 2 heterocycles. The molecule has 0 radical (unpaired) electrons. The molecule has 3 rings (SSSR count). The summed E-state index contributed by atoms with van der Waals surface area (Å²) in [6.45, 7) is 2.05. The molecule has 1 aromatic heterocycles. The van der Waals surface area contributed by atoms with E-state index in [1.54, 1.807) is 11.0 Å². The zero-order valence-corrected chi connectivity index (χ0v) is 14.6. The lowest BCUT2D eigenvalue weighted by molar-refractivity contribution is 0.0792. The van der Waals surface area contributed by atoms with E-state index in [9.17, 15) is 9.59 Å². The van der Waals surface area contributed by atoms with Gasteiger partial charge in [0.15, 0.2) is 0 Å². The number of likely N-dealkylation sites (tertiary alicyclic amines) is 1. The van der Waals surface area contributed by atoms with Gasteiger partial charge in [-0.2, -0.15) is 0 Å². The van der Waals surface area contributed by atoms with Crippen molar-refractivity contribution in [2.24, 2.45) is 0 Å². The summed E-state index contributed by atoms with van der Waals surface area (Å²) in [5.41, 5.74) is 1.97. The van der Waals surface area contributed by atoms with Crippen molar-refractivity contribution in [2.75, 3.05) is 19.6 Å². The lowest BCUT2D eigenvalue weighted by Gasteiger charge is -2.15. The van der Waals surface area contributed by atoms with Gasteiger partial charge in [-0.15, -0.1) is 0 Å². The van der Waals surface area contributed by atoms with E-state index in [2.05, 4.69) is 10.3 Å². The molecule has 1 aliphatic rings. The van der Waals surface area contributed by atoms with Gasteiger partial charge in [0.25, 0.3) is 11.8 Å². The number of carbonyl (C=O) groups excluding carboxylic acids is 2. The van der Waals surface area contributed by atoms with Crippen LogP contribution in [0.4, 0.5) is 0 Å². The minimum atomic E-state index is -0.225. The highest BCUT2D eigenvalue weighted by atomic mass is 35.5. The van der Waals surface area contributed by atoms with Crippen molar-refractivity contribution in [1.29, 1.82) is 0 Å². The number of benzene rings is 1. The third-order valence-electron chi connectivity index (χ3n) is 4.25. The van der Waals surface area contributed by atoms with E-state index in [0.29, 0.717) is 29.1 Å². The highest BCUT2D eigenvalue weighted by Gasteiger charge is 2.20. The molecule has 1 N–H and O–H groups in total. The van der Waals surface area contributed by atoms with Crippen LogP contribution in [-0.4, -0.2) is 41.3 Å². The zero-order chi connectivity index (χ0) is 17.6. The first-order chi connectivity index (χ1) is 12.1. The Morgan fingerprint density at radius 3 is 2.48 bits per heavy atom. The fourth-order valence-corrected chi connectivity index (χ4v) is 2.98. The molecule has 0 unspecified atom stereocenters. The van der Waals surface area contributed by atoms with Gasteiger partial charge in [0.05, 0.1) is 11.1 Å². The van der Waals surface area contributed by atoms with Gasteiger partial charge in [0, 0.05) is 37.1 Å². The number of carbonyl (C=O) groups is 2. The van der Waals surface area contributed by atoms with Crippen molar-refractivity contribution in [3.8, 4) is 0 Å². The van der Waals surface area contributed by atoms with Crippen LogP contribution in [0.25, 0.3) is 0 Å². The van der Waals surface area contributed by atoms with E-state index in [0.717, 1.165) is 31.5 Å². The number of hydrogen-bond acceptors (Lipinski definition) is 3. The van der Waals surface area contributed by atoms with Gasteiger partial charge in [0.2, 0.25) is 0 Å². The molecule has 0 spiro atoms. The SMILES string of the molecule is O=C(NCCc1ccc(Cl)cc1)c1cncc(C(=O)N2CCCC2)c1. The molecule has 25 heavy (non-hydrogen) atoms. The number of halogens is 1. The number of nitrogens with zero attached hydrogens (tertiary/aromatic N) is 2. The van der Waals surface area contributed by atoms with Gasteiger partial charge in [-0.05, 0) is 43.0 Å². The molecule has 0 saturated carbocycles. The third-order valence-corrected chi connectivity index (χ3v) is 4.51. The Hall–Kier alpha value is -2.40. The maximum absolute atomic E-state index is 12.4. The molecule has 2 aromatic rings. The van der Waals surface area contributed by atoms with Crippen molar-refractivity contribution >= 4 is 23.4 Å². The smallest absolute Gasteiger partial charge is 0.255 e. The lowest BCUT2D eigenvalue weighted by atomic mass is 10.1. The van der Waals surface area contributed by atoms with E-state index >= 15 is 0 Å². The van der Waals surface area contributed by atoms with E-state index in [-0.39, 0.29) is 11.8 Å². The van der Waals surface area contributed by atoms with Crippen molar-refractivity contribution in [3.05, 3.63) is 64.4 Å². The Morgan fingerprint density at radius 2 is 1.76 bits per heavy atom. The van der Waals surface area contributed by atoms with Gasteiger partial charge in [-0.3, -0.25) is 14.6 Å². The average Bonchev–Trinajstić information content (AvgIpc) is 3.17. The maximum Gasteiger partial charge on any atom is 0.255 e. The monoisotopic (exact) mass is 357 g/mol. The van der Waals surface area contributed by atoms with Gasteiger partial charge < -0.3 is 10.2 Å². The molecule has 5 nitrogen and oxygen atoms in total. The summed E-state index contributed by atoms with van der Waals surface area (Å²) in [7, 11) is 0. The third kappa shape index (κ3) is 4.57. The van der Waals surface area contributed by atoms with E-state index in [1.165, 1.54) is 12.4 Å². The van der Waals surface area contributed by atoms with Crippen molar-refractivity contribution in [3.63, 3.8) is 0 Å². The lowest BCUT2D eigenvalue weighted by Crippen LogP contribution is -2.29. The van der Waals surface area contributed by atoms with Crippen LogP contribution in [0.5, 0.6) is 0 Å². The Kier molecular flexibility index (Phi) is 5.66. The number of aromatic nitrogens is 1. The Balaban J connectivity index is 1.57. The van der Waals surface area contributed by atoms with Crippen LogP contribution in [0, 0.1) is 0 Å². The van der Waals surface area contributed by atoms with Crippen LogP contribution in [0.3, 0.4) is 0 Å².